The molecule has 6 nitrogen and oxygen atoms in total. The molecule has 3 aromatic rings. The molecule has 3 rings (SSSR count). The Kier molecular flexibility index (Phi) is 4.84. The molecule has 0 radical (unpaired) electrons. The number of aryl methyl sites for hydroxylation is 1. The number of aromatic amines is 1. The molecule has 0 saturated carbocycles. The van der Waals surface area contributed by atoms with Crippen LogP contribution in [-0.4, -0.2) is 16.7 Å². The van der Waals surface area contributed by atoms with Gasteiger partial charge in [-0.25, -0.2) is 0 Å². The number of ether oxygens (including phenoxy) is 1. The summed E-state index contributed by atoms with van der Waals surface area (Å²) < 4.78 is 5.92. The molecule has 1 amide bonds. The van der Waals surface area contributed by atoms with Gasteiger partial charge in [0.1, 0.15) is 11.5 Å². The number of ketones is 1. The molecule has 0 fully saturated rings. The second kappa shape index (κ2) is 7.23. The Balaban J connectivity index is 2.08. The number of H-pyrrole nitrogens is 1. The van der Waals surface area contributed by atoms with Crippen molar-refractivity contribution in [2.24, 2.45) is 0 Å². The lowest BCUT2D eigenvalue weighted by atomic mass is 10.1. The molecule has 0 saturated heterocycles. The van der Waals surface area contributed by atoms with E-state index in [-0.39, 0.29) is 17.8 Å². The van der Waals surface area contributed by atoms with E-state index in [4.69, 9.17) is 4.74 Å². The van der Waals surface area contributed by atoms with E-state index in [1.54, 1.807) is 24.3 Å². The average Bonchev–Trinajstić information content (AvgIpc) is 2.56. The standard InChI is InChI=1S/C20H18N2O4/c1-12-8-19(24)21-16-11-17(22-20(25)9-13(2)23)18(10-15(12)16)26-14-6-4-3-5-7-14/h3-8,10-11H,9H2,1-2H3,(H,21,24)(H,22,25). The van der Waals surface area contributed by atoms with Gasteiger partial charge in [-0.15, -0.1) is 0 Å². The van der Waals surface area contributed by atoms with E-state index in [9.17, 15) is 14.4 Å². The third-order valence-electron chi connectivity index (χ3n) is 3.80. The average molecular weight is 350 g/mol. The van der Waals surface area contributed by atoms with E-state index in [0.717, 1.165) is 10.9 Å². The smallest absolute Gasteiger partial charge is 0.248 e. The molecule has 1 heterocycles. The Morgan fingerprint density at radius 3 is 2.54 bits per heavy atom. The molecule has 0 spiro atoms. The number of aromatic nitrogens is 1. The molecule has 2 aromatic carbocycles. The van der Waals surface area contributed by atoms with Crippen LogP contribution in [0.1, 0.15) is 18.9 Å². The molecule has 0 aliphatic heterocycles. The second-order valence-electron chi connectivity index (χ2n) is 6.05. The zero-order chi connectivity index (χ0) is 18.7. The van der Waals surface area contributed by atoms with E-state index in [1.807, 2.05) is 25.1 Å². The highest BCUT2D eigenvalue weighted by Crippen LogP contribution is 2.34. The lowest BCUT2D eigenvalue weighted by molar-refractivity contribution is -0.124. The summed E-state index contributed by atoms with van der Waals surface area (Å²) in [5.41, 5.74) is 1.53. The van der Waals surface area contributed by atoms with Gasteiger partial charge in [-0.05, 0) is 43.7 Å². The molecule has 0 aliphatic rings. The number of carbonyl (C=O) groups is 2. The number of hydrogen-bond donors (Lipinski definition) is 2. The van der Waals surface area contributed by atoms with E-state index in [2.05, 4.69) is 10.3 Å². The highest BCUT2D eigenvalue weighted by Gasteiger charge is 2.14. The monoisotopic (exact) mass is 350 g/mol. The number of carbonyl (C=O) groups excluding carboxylic acids is 2. The molecule has 0 aliphatic carbocycles. The number of fused-ring (bicyclic) bond motifs is 1. The number of amides is 1. The Labute approximate surface area is 149 Å². The van der Waals surface area contributed by atoms with Crippen molar-refractivity contribution in [2.75, 3.05) is 5.32 Å². The lowest BCUT2D eigenvalue weighted by Crippen LogP contribution is -2.15. The predicted molar refractivity (Wildman–Crippen MR) is 99.7 cm³/mol. The number of nitrogens with one attached hydrogen (secondary N) is 2. The van der Waals surface area contributed by atoms with Crippen LogP contribution in [0.3, 0.4) is 0 Å². The van der Waals surface area contributed by atoms with Crippen LogP contribution < -0.4 is 15.6 Å². The van der Waals surface area contributed by atoms with E-state index >= 15 is 0 Å². The van der Waals surface area contributed by atoms with Crippen molar-refractivity contribution in [3.8, 4) is 11.5 Å². The first-order valence-corrected chi connectivity index (χ1v) is 8.12. The molecule has 0 bridgehead atoms. The normalized spacial score (nSPS) is 10.5. The summed E-state index contributed by atoms with van der Waals surface area (Å²) in [5, 5.41) is 3.49. The summed E-state index contributed by atoms with van der Waals surface area (Å²) in [7, 11) is 0. The van der Waals surface area contributed by atoms with Crippen LogP contribution in [0.2, 0.25) is 0 Å². The summed E-state index contributed by atoms with van der Waals surface area (Å²) in [5.74, 6) is 0.356. The zero-order valence-corrected chi connectivity index (χ0v) is 14.5. The molecular weight excluding hydrogens is 332 g/mol. The van der Waals surface area contributed by atoms with Crippen molar-refractivity contribution in [1.29, 1.82) is 0 Å². The van der Waals surface area contributed by atoms with Crippen molar-refractivity contribution in [3.05, 3.63) is 64.4 Å². The number of anilines is 1. The number of Topliss-reactive ketones (excluding diaryl/α,β-unsaturated/α-hetero) is 1. The van der Waals surface area contributed by atoms with Crippen molar-refractivity contribution in [2.45, 2.75) is 20.3 Å². The minimum Gasteiger partial charge on any atom is -0.455 e. The van der Waals surface area contributed by atoms with Gasteiger partial charge in [0.25, 0.3) is 0 Å². The maximum atomic E-state index is 12.0. The van der Waals surface area contributed by atoms with Crippen LogP contribution in [0.5, 0.6) is 11.5 Å². The number of benzene rings is 2. The lowest BCUT2D eigenvalue weighted by Gasteiger charge is -2.14. The molecule has 132 valence electrons. The zero-order valence-electron chi connectivity index (χ0n) is 14.5. The molecular formula is C20H18N2O4. The SMILES string of the molecule is CC(=O)CC(=O)Nc1cc2[nH]c(=O)cc(C)c2cc1Oc1ccccc1. The number of para-hydroxylation sites is 1. The third kappa shape index (κ3) is 3.97. The summed E-state index contributed by atoms with van der Waals surface area (Å²) >= 11 is 0. The molecule has 6 heteroatoms. The Morgan fingerprint density at radius 2 is 1.85 bits per heavy atom. The molecule has 0 atom stereocenters. The molecule has 2 N–H and O–H groups in total. The fraction of sp³-hybridized carbons (Fsp3) is 0.150. The summed E-state index contributed by atoms with van der Waals surface area (Å²) in [6.07, 6.45) is -0.229. The summed E-state index contributed by atoms with van der Waals surface area (Å²) in [6, 6.07) is 14.0. The number of rotatable bonds is 5. The van der Waals surface area contributed by atoms with Gasteiger partial charge in [-0.2, -0.15) is 0 Å². The number of hydrogen-bond acceptors (Lipinski definition) is 4. The van der Waals surface area contributed by atoms with Crippen LogP contribution in [-0.2, 0) is 9.59 Å². The van der Waals surface area contributed by atoms with Crippen LogP contribution in [0, 0.1) is 6.92 Å². The topological polar surface area (TPSA) is 88.3 Å². The minimum atomic E-state index is -0.440. The maximum Gasteiger partial charge on any atom is 0.248 e. The van der Waals surface area contributed by atoms with Gasteiger partial charge in [0.2, 0.25) is 11.5 Å². The fourth-order valence-electron chi connectivity index (χ4n) is 2.67. The first kappa shape index (κ1) is 17.4. The molecule has 26 heavy (non-hydrogen) atoms. The molecule has 1 aromatic heterocycles. The highest BCUT2D eigenvalue weighted by atomic mass is 16.5. The van der Waals surface area contributed by atoms with Gasteiger partial charge >= 0.3 is 0 Å². The second-order valence-corrected chi connectivity index (χ2v) is 6.05. The third-order valence-corrected chi connectivity index (χ3v) is 3.80. The van der Waals surface area contributed by atoms with Crippen molar-refractivity contribution >= 4 is 28.3 Å². The fourth-order valence-corrected chi connectivity index (χ4v) is 2.67. The van der Waals surface area contributed by atoms with Gasteiger partial charge in [0.15, 0.2) is 5.75 Å². The van der Waals surface area contributed by atoms with Crippen molar-refractivity contribution < 1.29 is 14.3 Å². The van der Waals surface area contributed by atoms with Gasteiger partial charge in [0.05, 0.1) is 17.6 Å². The number of pyridine rings is 1. The first-order valence-electron chi connectivity index (χ1n) is 8.12. The Morgan fingerprint density at radius 1 is 1.12 bits per heavy atom. The summed E-state index contributed by atoms with van der Waals surface area (Å²) in [4.78, 5) is 37.7. The van der Waals surface area contributed by atoms with Gasteiger partial charge < -0.3 is 15.0 Å². The Bertz CT molecular complexity index is 1040. The van der Waals surface area contributed by atoms with Crippen LogP contribution in [0.25, 0.3) is 10.9 Å². The van der Waals surface area contributed by atoms with Gasteiger partial charge in [-0.1, -0.05) is 18.2 Å². The largest absolute Gasteiger partial charge is 0.455 e. The van der Waals surface area contributed by atoms with Crippen molar-refractivity contribution in [3.63, 3.8) is 0 Å². The molecule has 0 unspecified atom stereocenters. The van der Waals surface area contributed by atoms with Crippen LogP contribution >= 0.6 is 0 Å². The van der Waals surface area contributed by atoms with Crippen LogP contribution in [0.4, 0.5) is 5.69 Å². The van der Waals surface area contributed by atoms with Gasteiger partial charge in [0, 0.05) is 11.5 Å². The summed E-state index contributed by atoms with van der Waals surface area (Å²) in [6.45, 7) is 3.18. The van der Waals surface area contributed by atoms with E-state index in [0.29, 0.717) is 22.7 Å². The maximum absolute atomic E-state index is 12.0. The van der Waals surface area contributed by atoms with Crippen molar-refractivity contribution in [1.82, 2.24) is 4.98 Å². The highest BCUT2D eigenvalue weighted by molar-refractivity contribution is 6.05. The quantitative estimate of drug-likeness (QED) is 0.689. The Hall–Kier alpha value is -3.41. The predicted octanol–water partition coefficient (Wildman–Crippen LogP) is 3.55. The minimum absolute atomic E-state index is 0.229. The van der Waals surface area contributed by atoms with Gasteiger partial charge in [-0.3, -0.25) is 14.4 Å². The van der Waals surface area contributed by atoms with E-state index < -0.39 is 5.91 Å². The van der Waals surface area contributed by atoms with E-state index in [1.165, 1.54) is 13.0 Å². The first-order chi connectivity index (χ1) is 12.4. The van der Waals surface area contributed by atoms with Crippen LogP contribution in [0.15, 0.2) is 53.3 Å².